The van der Waals surface area contributed by atoms with Crippen LogP contribution in [0.1, 0.15) is 174 Å². The van der Waals surface area contributed by atoms with E-state index in [-0.39, 0.29) is 12.4 Å². The van der Waals surface area contributed by atoms with E-state index in [2.05, 4.69) is 12.2 Å². The third-order valence-corrected chi connectivity index (χ3v) is 11.0. The highest BCUT2D eigenvalue weighted by molar-refractivity contribution is 4.99. The molecule has 0 aromatic carbocycles. The van der Waals surface area contributed by atoms with Crippen molar-refractivity contribution in [2.24, 2.45) is 11.8 Å². The molecule has 2 saturated heterocycles. The third kappa shape index (κ3) is 20.6. The van der Waals surface area contributed by atoms with Crippen LogP contribution in [-0.2, 0) is 9.47 Å². The smallest absolute Gasteiger partial charge is 0.186 e. The largest absolute Gasteiger partial charge is 0.394 e. The first kappa shape index (κ1) is 45.5. The van der Waals surface area contributed by atoms with Crippen molar-refractivity contribution in [3.05, 3.63) is 11.9 Å². The molecule has 0 aliphatic carbocycles. The molecule has 0 amide bonds. The zero-order chi connectivity index (χ0) is 36.2. The van der Waals surface area contributed by atoms with Crippen LogP contribution >= 0.6 is 0 Å². The lowest BCUT2D eigenvalue weighted by molar-refractivity contribution is -0.303. The van der Waals surface area contributed by atoms with Crippen LogP contribution in [0.5, 0.6) is 0 Å². The van der Waals surface area contributed by atoms with Crippen LogP contribution in [0.2, 0.25) is 0 Å². The normalized spacial score (nSPS) is 24.9. The topological polar surface area (TPSA) is 132 Å². The summed E-state index contributed by atoms with van der Waals surface area (Å²) in [5.74, 6) is -0.00212. The van der Waals surface area contributed by atoms with Crippen LogP contribution in [0, 0.1) is 11.8 Å². The number of hydrogen-bond acceptors (Lipinski definition) is 8. The minimum atomic E-state index is -1.55. The number of ether oxygens (including phenoxy) is 2. The van der Waals surface area contributed by atoms with Gasteiger partial charge in [-0.15, -0.1) is 0 Å². The molecular formula is C41H78FNO7. The van der Waals surface area contributed by atoms with Crippen LogP contribution < -0.4 is 5.32 Å². The first-order valence-corrected chi connectivity index (χ1v) is 21.0. The summed E-state index contributed by atoms with van der Waals surface area (Å²) in [7, 11) is 0. The average Bonchev–Trinajstić information content (AvgIpc) is 3.12. The van der Waals surface area contributed by atoms with Gasteiger partial charge in [0.15, 0.2) is 6.29 Å². The lowest BCUT2D eigenvalue weighted by Gasteiger charge is -2.40. The molecule has 0 saturated carbocycles. The van der Waals surface area contributed by atoms with Gasteiger partial charge in [0.2, 0.25) is 0 Å². The average molecular weight is 716 g/mol. The van der Waals surface area contributed by atoms with Crippen LogP contribution in [0.4, 0.5) is 4.39 Å². The Morgan fingerprint density at radius 1 is 0.740 bits per heavy atom. The van der Waals surface area contributed by atoms with Gasteiger partial charge in [-0.2, -0.15) is 0 Å². The number of allylic oxidation sites excluding steroid dienone is 1. The maximum absolute atomic E-state index is 15.2. The third-order valence-electron chi connectivity index (χ3n) is 11.0. The minimum absolute atomic E-state index is 0.118. The molecule has 7 atom stereocenters. The summed E-state index contributed by atoms with van der Waals surface area (Å²) >= 11 is 0. The zero-order valence-electron chi connectivity index (χ0n) is 31.8. The molecule has 0 radical (unpaired) electrons. The number of aliphatic hydroxyl groups excluding tert-OH is 5. The number of piperidine rings is 1. The lowest BCUT2D eigenvalue weighted by atomic mass is 9.92. The van der Waals surface area contributed by atoms with Crippen molar-refractivity contribution in [2.75, 3.05) is 26.3 Å². The molecule has 0 aromatic heterocycles. The molecule has 0 aromatic rings. The second kappa shape index (κ2) is 29.8. The Morgan fingerprint density at radius 2 is 1.26 bits per heavy atom. The molecule has 50 heavy (non-hydrogen) atoms. The van der Waals surface area contributed by atoms with Gasteiger partial charge in [0, 0.05) is 5.92 Å². The molecule has 296 valence electrons. The van der Waals surface area contributed by atoms with Gasteiger partial charge in [0.05, 0.1) is 25.1 Å². The van der Waals surface area contributed by atoms with Gasteiger partial charge < -0.3 is 40.3 Å². The summed E-state index contributed by atoms with van der Waals surface area (Å²) in [5.41, 5.74) is 0. The number of halogens is 1. The van der Waals surface area contributed by atoms with Crippen molar-refractivity contribution >= 4 is 0 Å². The van der Waals surface area contributed by atoms with E-state index in [0.29, 0.717) is 12.8 Å². The fourth-order valence-electron chi connectivity index (χ4n) is 7.54. The van der Waals surface area contributed by atoms with Crippen molar-refractivity contribution in [1.82, 2.24) is 5.32 Å². The fraction of sp³-hybridized carbons (Fsp3) is 0.951. The summed E-state index contributed by atoms with van der Waals surface area (Å²) in [5, 5.41) is 54.7. The molecule has 6 N–H and O–H groups in total. The summed E-state index contributed by atoms with van der Waals surface area (Å²) in [6, 6.07) is 0. The van der Waals surface area contributed by atoms with Gasteiger partial charge in [0.25, 0.3) is 0 Å². The highest BCUT2D eigenvalue weighted by Crippen LogP contribution is 2.26. The summed E-state index contributed by atoms with van der Waals surface area (Å²) in [4.78, 5) is 0. The Hall–Kier alpha value is -0.650. The van der Waals surface area contributed by atoms with Crippen LogP contribution in [0.25, 0.3) is 0 Å². The molecule has 9 heteroatoms. The van der Waals surface area contributed by atoms with Crippen molar-refractivity contribution in [2.45, 2.75) is 211 Å². The molecule has 2 rings (SSSR count). The van der Waals surface area contributed by atoms with E-state index in [4.69, 9.17) is 9.47 Å². The lowest BCUT2D eigenvalue weighted by Crippen LogP contribution is -2.59. The Labute approximate surface area is 305 Å². The predicted octanol–water partition coefficient (Wildman–Crippen LogP) is 8.02. The molecule has 0 bridgehead atoms. The van der Waals surface area contributed by atoms with Crippen LogP contribution in [0.15, 0.2) is 11.9 Å². The summed E-state index contributed by atoms with van der Waals surface area (Å²) in [6.07, 6.45) is 23.8. The number of nitrogens with one attached hydrogen (secondary N) is 1. The van der Waals surface area contributed by atoms with Crippen molar-refractivity contribution < 1.29 is 39.4 Å². The summed E-state index contributed by atoms with van der Waals surface area (Å²) in [6.45, 7) is 3.94. The standard InChI is InChI=1S/C41H78FNO7/c1-2-3-4-5-6-7-8-9-10-11-16-19-22-25-36(45)34(32-49-41-40(48)39(47)38(46)37(31-44)50-41)30-35(42)24-21-18-15-13-12-14-17-20-23-33-26-28-43-29-27-33/h30,33-34,36-41,43-48H,2-29,31-32H2,1H3/b35-30+. The summed E-state index contributed by atoms with van der Waals surface area (Å²) < 4.78 is 26.4. The number of hydrogen-bond donors (Lipinski definition) is 6. The van der Waals surface area contributed by atoms with E-state index in [1.807, 2.05) is 0 Å². The Kier molecular flexibility index (Phi) is 27.1. The van der Waals surface area contributed by atoms with Crippen molar-refractivity contribution in [3.63, 3.8) is 0 Å². The second-order valence-electron chi connectivity index (χ2n) is 15.5. The van der Waals surface area contributed by atoms with E-state index in [9.17, 15) is 25.5 Å². The van der Waals surface area contributed by atoms with Crippen LogP contribution in [-0.4, -0.2) is 88.6 Å². The highest BCUT2D eigenvalue weighted by Gasteiger charge is 2.44. The Morgan fingerprint density at radius 3 is 1.82 bits per heavy atom. The number of aliphatic hydroxyl groups is 5. The van der Waals surface area contributed by atoms with Crippen molar-refractivity contribution in [3.8, 4) is 0 Å². The van der Waals surface area contributed by atoms with Gasteiger partial charge in [-0.3, -0.25) is 0 Å². The maximum Gasteiger partial charge on any atom is 0.186 e. The minimum Gasteiger partial charge on any atom is -0.394 e. The number of rotatable bonds is 31. The highest BCUT2D eigenvalue weighted by atomic mass is 19.1. The SMILES string of the molecule is CCCCCCCCCCCCCCCC(O)C(/C=C(/F)CCCCCCCCCCC1CCNCC1)COC1OC(CO)C(O)C(O)C1O. The van der Waals surface area contributed by atoms with Gasteiger partial charge >= 0.3 is 0 Å². The van der Waals surface area contributed by atoms with E-state index < -0.39 is 49.3 Å². The quantitative estimate of drug-likeness (QED) is 0.0398. The molecule has 0 spiro atoms. The molecule has 2 aliphatic rings. The van der Waals surface area contributed by atoms with Crippen molar-refractivity contribution in [1.29, 1.82) is 0 Å². The molecule has 7 unspecified atom stereocenters. The molecule has 2 heterocycles. The van der Waals surface area contributed by atoms with Gasteiger partial charge in [0.1, 0.15) is 24.4 Å². The van der Waals surface area contributed by atoms with Crippen LogP contribution in [0.3, 0.4) is 0 Å². The predicted molar refractivity (Wildman–Crippen MR) is 200 cm³/mol. The monoisotopic (exact) mass is 716 g/mol. The van der Waals surface area contributed by atoms with E-state index in [0.717, 1.165) is 44.4 Å². The van der Waals surface area contributed by atoms with Gasteiger partial charge in [-0.25, -0.2) is 4.39 Å². The molecule has 8 nitrogen and oxygen atoms in total. The second-order valence-corrected chi connectivity index (χ2v) is 15.5. The van der Waals surface area contributed by atoms with E-state index in [1.165, 1.54) is 135 Å². The Balaban J connectivity index is 1.69. The fourth-order valence-corrected chi connectivity index (χ4v) is 7.54. The molecular weight excluding hydrogens is 637 g/mol. The molecule has 2 aliphatic heterocycles. The Bertz CT molecular complexity index is 812. The molecule has 2 fully saturated rings. The van der Waals surface area contributed by atoms with E-state index in [1.54, 1.807) is 0 Å². The van der Waals surface area contributed by atoms with E-state index >= 15 is 4.39 Å². The zero-order valence-corrected chi connectivity index (χ0v) is 31.8. The van der Waals surface area contributed by atoms with Gasteiger partial charge in [-0.1, -0.05) is 142 Å². The maximum atomic E-state index is 15.2. The number of unbranched alkanes of at least 4 members (excludes halogenated alkanes) is 19. The first-order valence-electron chi connectivity index (χ1n) is 21.0. The first-order chi connectivity index (χ1) is 24.4. The van der Waals surface area contributed by atoms with Gasteiger partial charge in [-0.05, 0) is 57.2 Å².